The number of ether oxygens (including phenoxy) is 1. The molecule has 1 aromatic rings. The number of hydrogen-bond donors (Lipinski definition) is 1. The van der Waals surface area contributed by atoms with Crippen LogP contribution in [0.15, 0.2) is 18.2 Å². The molecule has 1 fully saturated rings. The van der Waals surface area contributed by atoms with Crippen molar-refractivity contribution in [1.82, 2.24) is 4.90 Å². The molecule has 2 N–H and O–H groups in total. The Balaban J connectivity index is 2.27. The van der Waals surface area contributed by atoms with Crippen LogP contribution in [0.1, 0.15) is 31.4 Å². The lowest BCUT2D eigenvalue weighted by atomic mass is 9.93. The van der Waals surface area contributed by atoms with Crippen LogP contribution >= 0.6 is 11.6 Å². The molecule has 2 rings (SSSR count). The summed E-state index contributed by atoms with van der Waals surface area (Å²) < 4.78 is 5.22. The molecule has 0 saturated carbocycles. The highest BCUT2D eigenvalue weighted by Gasteiger charge is 2.33. The van der Waals surface area contributed by atoms with E-state index in [9.17, 15) is 0 Å². The van der Waals surface area contributed by atoms with Gasteiger partial charge in [0, 0.05) is 6.04 Å². The van der Waals surface area contributed by atoms with Crippen LogP contribution in [0.5, 0.6) is 5.75 Å². The minimum atomic E-state index is 0.397. The van der Waals surface area contributed by atoms with Crippen molar-refractivity contribution in [3.63, 3.8) is 0 Å². The van der Waals surface area contributed by atoms with E-state index in [1.54, 1.807) is 7.11 Å². The van der Waals surface area contributed by atoms with E-state index in [2.05, 4.69) is 17.9 Å². The fourth-order valence-electron chi connectivity index (χ4n) is 3.06. The van der Waals surface area contributed by atoms with Gasteiger partial charge in [0.2, 0.25) is 0 Å². The van der Waals surface area contributed by atoms with Gasteiger partial charge in [0.15, 0.2) is 0 Å². The lowest BCUT2D eigenvalue weighted by molar-refractivity contribution is 0.230. The maximum atomic E-state index is 6.25. The van der Waals surface area contributed by atoms with Crippen LogP contribution in [0, 0.1) is 5.92 Å². The predicted octanol–water partition coefficient (Wildman–Crippen LogP) is 3.08. The second-order valence-electron chi connectivity index (χ2n) is 5.16. The second-order valence-corrected chi connectivity index (χ2v) is 5.57. The molecular weight excluding hydrogens is 260 g/mol. The molecule has 1 heterocycles. The van der Waals surface area contributed by atoms with E-state index in [1.165, 1.54) is 12.0 Å². The van der Waals surface area contributed by atoms with E-state index in [4.69, 9.17) is 22.1 Å². The van der Waals surface area contributed by atoms with Crippen molar-refractivity contribution in [1.29, 1.82) is 0 Å². The topological polar surface area (TPSA) is 38.5 Å². The summed E-state index contributed by atoms with van der Waals surface area (Å²) in [6.07, 6.45) is 2.34. The van der Waals surface area contributed by atoms with E-state index >= 15 is 0 Å². The molecule has 2 atom stereocenters. The van der Waals surface area contributed by atoms with Crippen molar-refractivity contribution >= 4 is 11.6 Å². The van der Waals surface area contributed by atoms with Crippen LogP contribution in [-0.4, -0.2) is 31.6 Å². The van der Waals surface area contributed by atoms with Crippen LogP contribution < -0.4 is 10.5 Å². The monoisotopic (exact) mass is 282 g/mol. The molecule has 1 saturated heterocycles. The fraction of sp³-hybridized carbons (Fsp3) is 0.600. The SMILES string of the molecule is CCCN1CCC(CN)C1c1ccc(OC)c(Cl)c1. The predicted molar refractivity (Wildman–Crippen MR) is 79.8 cm³/mol. The summed E-state index contributed by atoms with van der Waals surface area (Å²) in [4.78, 5) is 2.52. The molecule has 0 amide bonds. The van der Waals surface area contributed by atoms with Crippen LogP contribution in [-0.2, 0) is 0 Å². The Morgan fingerprint density at radius 1 is 1.47 bits per heavy atom. The largest absolute Gasteiger partial charge is 0.495 e. The molecule has 0 radical (unpaired) electrons. The smallest absolute Gasteiger partial charge is 0.137 e. The summed E-state index contributed by atoms with van der Waals surface area (Å²) in [6.45, 7) is 5.19. The van der Waals surface area contributed by atoms with Gasteiger partial charge in [0.25, 0.3) is 0 Å². The van der Waals surface area contributed by atoms with Crippen molar-refractivity contribution in [2.75, 3.05) is 26.7 Å². The highest BCUT2D eigenvalue weighted by Crippen LogP contribution is 2.39. The zero-order chi connectivity index (χ0) is 13.8. The maximum Gasteiger partial charge on any atom is 0.137 e. The number of hydrogen-bond acceptors (Lipinski definition) is 3. The summed E-state index contributed by atoms with van der Waals surface area (Å²) in [6, 6.07) is 6.50. The Labute approximate surface area is 120 Å². The van der Waals surface area contributed by atoms with Crippen molar-refractivity contribution in [2.45, 2.75) is 25.8 Å². The van der Waals surface area contributed by atoms with Crippen LogP contribution in [0.2, 0.25) is 5.02 Å². The Bertz CT molecular complexity index is 425. The quantitative estimate of drug-likeness (QED) is 0.902. The van der Waals surface area contributed by atoms with Crippen molar-refractivity contribution < 1.29 is 4.74 Å². The Hall–Kier alpha value is -0.770. The molecule has 19 heavy (non-hydrogen) atoms. The highest BCUT2D eigenvalue weighted by atomic mass is 35.5. The summed E-state index contributed by atoms with van der Waals surface area (Å²) >= 11 is 6.25. The normalized spacial score (nSPS) is 23.8. The van der Waals surface area contributed by atoms with E-state index in [0.29, 0.717) is 17.0 Å². The van der Waals surface area contributed by atoms with Gasteiger partial charge in [0.05, 0.1) is 12.1 Å². The third-order valence-electron chi connectivity index (χ3n) is 3.96. The van der Waals surface area contributed by atoms with Crippen molar-refractivity contribution in [3.05, 3.63) is 28.8 Å². The third kappa shape index (κ3) is 3.04. The average Bonchev–Trinajstić information content (AvgIpc) is 2.82. The number of likely N-dealkylation sites (tertiary alicyclic amines) is 1. The molecule has 2 unspecified atom stereocenters. The highest BCUT2D eigenvalue weighted by molar-refractivity contribution is 6.32. The van der Waals surface area contributed by atoms with Gasteiger partial charge in [-0.1, -0.05) is 24.6 Å². The second kappa shape index (κ2) is 6.60. The van der Waals surface area contributed by atoms with Crippen molar-refractivity contribution in [2.24, 2.45) is 11.7 Å². The summed E-state index contributed by atoms with van der Waals surface area (Å²) in [5.41, 5.74) is 7.19. The lowest BCUT2D eigenvalue weighted by Crippen LogP contribution is -2.28. The average molecular weight is 283 g/mol. The fourth-order valence-corrected chi connectivity index (χ4v) is 3.33. The first-order valence-electron chi connectivity index (χ1n) is 6.98. The van der Waals surface area contributed by atoms with E-state index in [0.717, 1.165) is 31.8 Å². The number of benzene rings is 1. The van der Waals surface area contributed by atoms with Gasteiger partial charge in [-0.05, 0) is 56.1 Å². The number of nitrogens with zero attached hydrogens (tertiary/aromatic N) is 1. The molecule has 4 heteroatoms. The van der Waals surface area contributed by atoms with Crippen LogP contribution in [0.25, 0.3) is 0 Å². The first-order chi connectivity index (χ1) is 9.21. The Morgan fingerprint density at radius 2 is 2.26 bits per heavy atom. The van der Waals surface area contributed by atoms with E-state index in [1.807, 2.05) is 12.1 Å². The Kier molecular flexibility index (Phi) is 5.08. The minimum Gasteiger partial charge on any atom is -0.495 e. The minimum absolute atomic E-state index is 0.397. The molecule has 0 spiro atoms. The molecule has 0 aliphatic carbocycles. The molecular formula is C15H23ClN2O. The summed E-state index contributed by atoms with van der Waals surface area (Å²) in [7, 11) is 1.64. The van der Waals surface area contributed by atoms with Gasteiger partial charge in [-0.3, -0.25) is 4.90 Å². The number of methoxy groups -OCH3 is 1. The number of rotatable bonds is 5. The van der Waals surface area contributed by atoms with E-state index < -0.39 is 0 Å². The first kappa shape index (κ1) is 14.6. The van der Waals surface area contributed by atoms with Gasteiger partial charge >= 0.3 is 0 Å². The molecule has 0 bridgehead atoms. The number of halogens is 1. The summed E-state index contributed by atoms with van der Waals surface area (Å²) in [5.74, 6) is 1.26. The van der Waals surface area contributed by atoms with Crippen LogP contribution in [0.4, 0.5) is 0 Å². The number of nitrogens with two attached hydrogens (primary N) is 1. The maximum absolute atomic E-state index is 6.25. The van der Waals surface area contributed by atoms with Gasteiger partial charge in [-0.2, -0.15) is 0 Å². The van der Waals surface area contributed by atoms with Gasteiger partial charge in [0.1, 0.15) is 5.75 Å². The van der Waals surface area contributed by atoms with Crippen LogP contribution in [0.3, 0.4) is 0 Å². The molecule has 0 aromatic heterocycles. The summed E-state index contributed by atoms with van der Waals surface area (Å²) in [5, 5.41) is 0.680. The standard InChI is InChI=1S/C15H23ClN2O/c1-3-7-18-8-6-12(10-17)15(18)11-4-5-14(19-2)13(16)9-11/h4-5,9,12,15H,3,6-8,10,17H2,1-2H3. The van der Waals surface area contributed by atoms with Gasteiger partial charge in [-0.25, -0.2) is 0 Å². The van der Waals surface area contributed by atoms with Crippen molar-refractivity contribution in [3.8, 4) is 5.75 Å². The third-order valence-corrected chi connectivity index (χ3v) is 4.25. The molecule has 1 aliphatic heterocycles. The van der Waals surface area contributed by atoms with Gasteiger partial charge < -0.3 is 10.5 Å². The molecule has 106 valence electrons. The zero-order valence-electron chi connectivity index (χ0n) is 11.7. The molecule has 3 nitrogen and oxygen atoms in total. The lowest BCUT2D eigenvalue weighted by Gasteiger charge is -2.28. The first-order valence-corrected chi connectivity index (χ1v) is 7.36. The van der Waals surface area contributed by atoms with Gasteiger partial charge in [-0.15, -0.1) is 0 Å². The Morgan fingerprint density at radius 3 is 2.84 bits per heavy atom. The zero-order valence-corrected chi connectivity index (χ0v) is 12.5. The molecule has 1 aliphatic rings. The van der Waals surface area contributed by atoms with E-state index in [-0.39, 0.29) is 0 Å². The molecule has 1 aromatic carbocycles.